The van der Waals surface area contributed by atoms with Crippen molar-refractivity contribution >= 4 is 50.2 Å². The van der Waals surface area contributed by atoms with Crippen LogP contribution in [-0.2, 0) is 25.6 Å². The van der Waals surface area contributed by atoms with E-state index in [2.05, 4.69) is 31.3 Å². The molecule has 2 N–H and O–H groups in total. The van der Waals surface area contributed by atoms with Crippen LogP contribution < -0.4 is 10.1 Å². The Morgan fingerprint density at radius 2 is 1.98 bits per heavy atom. The van der Waals surface area contributed by atoms with Crippen LogP contribution in [0.3, 0.4) is 0 Å². The van der Waals surface area contributed by atoms with Gasteiger partial charge in [-0.15, -0.1) is 0 Å². The maximum absolute atomic E-state index is 13.6. The van der Waals surface area contributed by atoms with Crippen LogP contribution >= 0.6 is 15.9 Å². The fourth-order valence-corrected chi connectivity index (χ4v) is 6.74. The quantitative estimate of drug-likeness (QED) is 0.293. The minimum atomic E-state index is -0.681. The average Bonchev–Trinajstić information content (AvgIpc) is 3.28. The summed E-state index contributed by atoms with van der Waals surface area (Å²) in [6.07, 6.45) is -0.963. The Morgan fingerprint density at radius 1 is 1.17 bits per heavy atom. The van der Waals surface area contributed by atoms with Gasteiger partial charge in [0.25, 0.3) is 0 Å². The Kier molecular flexibility index (Phi) is 6.80. The van der Waals surface area contributed by atoms with Crippen LogP contribution in [0.15, 0.2) is 34.9 Å². The zero-order chi connectivity index (χ0) is 29.3. The number of rotatable bonds is 7. The fraction of sp³-hybridized carbons (Fsp3) is 0.483. The highest BCUT2D eigenvalue weighted by molar-refractivity contribution is 9.10. The van der Waals surface area contributed by atoms with Gasteiger partial charge in [0.2, 0.25) is 11.8 Å². The molecule has 1 aliphatic carbocycles. The highest BCUT2D eigenvalue weighted by atomic mass is 79.9. The minimum Gasteiger partial charge on any atom is -0.485 e. The Hall–Kier alpha value is -3.39. The predicted molar refractivity (Wildman–Crippen MR) is 152 cm³/mol. The van der Waals surface area contributed by atoms with Crippen molar-refractivity contribution < 1.29 is 33.7 Å². The van der Waals surface area contributed by atoms with E-state index < -0.39 is 24.4 Å². The second-order valence-corrected chi connectivity index (χ2v) is 12.3. The van der Waals surface area contributed by atoms with Crippen molar-refractivity contribution in [3.63, 3.8) is 0 Å². The van der Waals surface area contributed by atoms with E-state index in [-0.39, 0.29) is 55.1 Å². The van der Waals surface area contributed by atoms with Gasteiger partial charge in [0.15, 0.2) is 11.9 Å². The van der Waals surface area contributed by atoms with Crippen molar-refractivity contribution in [1.82, 2.24) is 19.7 Å². The molecule has 220 valence electrons. The maximum atomic E-state index is 13.6. The normalized spacial score (nSPS) is 29.4. The fourth-order valence-electron chi connectivity index (χ4n) is 6.43. The molecule has 0 unspecified atom stereocenters. The topological polar surface area (TPSA) is 145 Å². The van der Waals surface area contributed by atoms with Crippen molar-refractivity contribution in [3.05, 3.63) is 46.2 Å². The highest BCUT2D eigenvalue weighted by Gasteiger charge is 2.57. The van der Waals surface area contributed by atoms with Crippen molar-refractivity contribution in [2.24, 2.45) is 11.8 Å². The number of aliphatic hydroxyl groups excluding tert-OH is 1. The number of aliphatic hydroxyl groups is 1. The molecule has 2 aromatic heterocycles. The molecule has 1 aromatic carbocycles. The number of aromatic nitrogens is 3. The van der Waals surface area contributed by atoms with Gasteiger partial charge in [-0.3, -0.25) is 19.1 Å². The van der Waals surface area contributed by atoms with Crippen molar-refractivity contribution in [1.29, 1.82) is 0 Å². The number of amides is 2. The molecular formula is C29H30BrN5O7. The highest BCUT2D eigenvalue weighted by Crippen LogP contribution is 2.50. The van der Waals surface area contributed by atoms with Gasteiger partial charge in [-0.25, -0.2) is 4.98 Å². The first-order valence-electron chi connectivity index (χ1n) is 14.0. The number of ether oxygens (including phenoxy) is 3. The van der Waals surface area contributed by atoms with Crippen molar-refractivity contribution in [2.45, 2.75) is 57.3 Å². The number of likely N-dealkylation sites (tertiary alicyclic amines) is 1. The van der Waals surface area contributed by atoms with Gasteiger partial charge in [0.1, 0.15) is 52.8 Å². The SMILES string of the molecule is CC(=O)c1nn(CC(=O)N2C[C@H]3C[C@H]3[C@H]2C(=O)Nc2nc(Br)ccc2C)c2ccc(O[C@@H]3CO[C@H]4[C@@H]3OC[C@H]4O)cc12. The molecule has 0 spiro atoms. The number of nitrogens with one attached hydrogen (secondary N) is 1. The molecule has 7 atom stereocenters. The Morgan fingerprint density at radius 3 is 2.79 bits per heavy atom. The molecule has 13 heteroatoms. The number of halogens is 1. The standard InChI is InChI=1S/C29H30BrN5O7/c1-13-3-6-22(30)31-28(13)32-29(39)25-17-7-15(17)9-34(25)23(38)10-35-19-5-4-16(8-18(19)24(33-35)14(2)36)42-21-12-41-26-20(37)11-40-27(21)26/h3-6,8,15,17,20-21,25-27,37H,7,9-12H2,1-2H3,(H,31,32,39)/t15-,17-,20-,21-,25+,26-,27-/m1/s1. The summed E-state index contributed by atoms with van der Waals surface area (Å²) < 4.78 is 19.6. The maximum Gasteiger partial charge on any atom is 0.248 e. The molecule has 3 aliphatic heterocycles. The number of carbonyl (C=O) groups excluding carboxylic acids is 3. The van der Waals surface area contributed by atoms with Crippen LogP contribution in [0.25, 0.3) is 10.9 Å². The molecule has 4 fully saturated rings. The second-order valence-electron chi connectivity index (χ2n) is 11.5. The molecule has 3 saturated heterocycles. The number of carbonyl (C=O) groups is 3. The largest absolute Gasteiger partial charge is 0.485 e. The summed E-state index contributed by atoms with van der Waals surface area (Å²) in [5.41, 5.74) is 1.66. The number of aryl methyl sites for hydroxylation is 1. The Bertz CT molecular complexity index is 1610. The lowest BCUT2D eigenvalue weighted by atomic mass is 10.1. The number of fused-ring (bicyclic) bond motifs is 3. The summed E-state index contributed by atoms with van der Waals surface area (Å²) in [4.78, 5) is 45.5. The number of anilines is 1. The number of hydrogen-bond donors (Lipinski definition) is 2. The predicted octanol–water partition coefficient (Wildman–Crippen LogP) is 2.10. The lowest BCUT2D eigenvalue weighted by molar-refractivity contribution is -0.138. The van der Waals surface area contributed by atoms with Gasteiger partial charge in [0.05, 0.1) is 18.7 Å². The molecule has 12 nitrogen and oxygen atoms in total. The smallest absolute Gasteiger partial charge is 0.248 e. The number of hydrogen-bond acceptors (Lipinski definition) is 9. The number of ketones is 1. The molecule has 42 heavy (non-hydrogen) atoms. The molecule has 2 amide bonds. The number of piperidine rings is 1. The third kappa shape index (κ3) is 4.77. The minimum absolute atomic E-state index is 0.118. The van der Waals surface area contributed by atoms with E-state index in [1.54, 1.807) is 29.2 Å². The first-order valence-corrected chi connectivity index (χ1v) is 14.8. The monoisotopic (exact) mass is 639 g/mol. The first kappa shape index (κ1) is 27.4. The lowest BCUT2D eigenvalue weighted by Gasteiger charge is -2.27. The number of Topliss-reactive ketones (excluding diaryl/α,β-unsaturated/α-hetero) is 1. The van der Waals surface area contributed by atoms with E-state index in [1.165, 1.54) is 11.6 Å². The van der Waals surface area contributed by atoms with Gasteiger partial charge in [-0.2, -0.15) is 5.10 Å². The number of benzene rings is 1. The van der Waals surface area contributed by atoms with Crippen LogP contribution in [0.5, 0.6) is 5.75 Å². The molecule has 4 aliphatic rings. The number of nitrogens with zero attached hydrogens (tertiary/aromatic N) is 4. The van der Waals surface area contributed by atoms with E-state index in [9.17, 15) is 19.5 Å². The average molecular weight is 640 g/mol. The summed E-state index contributed by atoms with van der Waals surface area (Å²) in [6, 6.07) is 8.32. The zero-order valence-electron chi connectivity index (χ0n) is 23.0. The summed E-state index contributed by atoms with van der Waals surface area (Å²) in [6.45, 7) is 4.16. The third-order valence-electron chi connectivity index (χ3n) is 8.65. The van der Waals surface area contributed by atoms with Crippen molar-refractivity contribution in [3.8, 4) is 5.75 Å². The Balaban J connectivity index is 1.10. The summed E-state index contributed by atoms with van der Waals surface area (Å²) in [5.74, 6) is 0.639. The summed E-state index contributed by atoms with van der Waals surface area (Å²) >= 11 is 3.34. The summed E-state index contributed by atoms with van der Waals surface area (Å²) in [7, 11) is 0. The second kappa shape index (κ2) is 10.4. The van der Waals surface area contributed by atoms with Gasteiger partial charge >= 0.3 is 0 Å². The molecule has 0 bridgehead atoms. The summed E-state index contributed by atoms with van der Waals surface area (Å²) in [5, 5.41) is 18.0. The molecular weight excluding hydrogens is 610 g/mol. The molecule has 3 aromatic rings. The molecule has 7 rings (SSSR count). The van der Waals surface area contributed by atoms with Crippen LogP contribution in [0.1, 0.15) is 29.4 Å². The lowest BCUT2D eigenvalue weighted by Crippen LogP contribution is -2.47. The Labute approximate surface area is 249 Å². The van der Waals surface area contributed by atoms with Gasteiger partial charge < -0.3 is 29.5 Å². The van der Waals surface area contributed by atoms with Crippen LogP contribution in [0, 0.1) is 18.8 Å². The van der Waals surface area contributed by atoms with Gasteiger partial charge in [-0.1, -0.05) is 6.07 Å². The first-order chi connectivity index (χ1) is 20.2. The van der Waals surface area contributed by atoms with Gasteiger partial charge in [-0.05, 0) is 70.9 Å². The van der Waals surface area contributed by atoms with Crippen LogP contribution in [-0.4, -0.2) is 92.6 Å². The van der Waals surface area contributed by atoms with E-state index in [4.69, 9.17) is 14.2 Å². The van der Waals surface area contributed by atoms with E-state index in [0.29, 0.717) is 39.5 Å². The van der Waals surface area contributed by atoms with Crippen molar-refractivity contribution in [2.75, 3.05) is 25.1 Å². The van der Waals surface area contributed by atoms with Gasteiger partial charge in [0, 0.05) is 18.9 Å². The molecule has 5 heterocycles. The van der Waals surface area contributed by atoms with E-state index in [0.717, 1.165) is 12.0 Å². The number of pyridine rings is 1. The van der Waals surface area contributed by atoms with E-state index in [1.807, 2.05) is 13.0 Å². The van der Waals surface area contributed by atoms with Crippen LogP contribution in [0.4, 0.5) is 5.82 Å². The third-order valence-corrected chi connectivity index (χ3v) is 9.09. The zero-order valence-corrected chi connectivity index (χ0v) is 24.6. The van der Waals surface area contributed by atoms with Crippen LogP contribution in [0.2, 0.25) is 0 Å². The van der Waals surface area contributed by atoms with E-state index >= 15 is 0 Å². The molecule has 0 radical (unpaired) electrons. The molecule has 1 saturated carbocycles.